The fraction of sp³-hybridized carbons (Fsp3) is 0.571. The Morgan fingerprint density at radius 2 is 2.32 bits per heavy atom. The number of pyridine rings is 1. The van der Waals surface area contributed by atoms with Gasteiger partial charge in [0.1, 0.15) is 11.6 Å². The van der Waals surface area contributed by atoms with Crippen molar-refractivity contribution in [3.63, 3.8) is 0 Å². The largest absolute Gasteiger partial charge is 0.370 e. The molecular formula is C14H20FN3O. The Hall–Kier alpha value is -1.65. The molecule has 1 fully saturated rings. The second kappa shape index (κ2) is 5.99. The predicted molar refractivity (Wildman–Crippen MR) is 72.6 cm³/mol. The highest BCUT2D eigenvalue weighted by molar-refractivity contribution is 5.98. The van der Waals surface area contributed by atoms with Crippen molar-refractivity contribution >= 4 is 11.7 Å². The van der Waals surface area contributed by atoms with Crippen LogP contribution in [0.3, 0.4) is 0 Å². The van der Waals surface area contributed by atoms with Gasteiger partial charge in [0.25, 0.3) is 5.91 Å². The van der Waals surface area contributed by atoms with Crippen molar-refractivity contribution in [3.05, 3.63) is 23.6 Å². The minimum absolute atomic E-state index is 0.195. The molecule has 1 saturated carbocycles. The van der Waals surface area contributed by atoms with Gasteiger partial charge in [0.15, 0.2) is 0 Å². The van der Waals surface area contributed by atoms with Crippen molar-refractivity contribution < 1.29 is 9.18 Å². The lowest BCUT2D eigenvalue weighted by Crippen LogP contribution is -2.33. The first-order valence-corrected chi connectivity index (χ1v) is 6.80. The molecule has 5 heteroatoms. The van der Waals surface area contributed by atoms with Crippen LogP contribution in [0.5, 0.6) is 0 Å². The van der Waals surface area contributed by atoms with E-state index in [1.807, 2.05) is 6.92 Å². The summed E-state index contributed by atoms with van der Waals surface area (Å²) in [6.07, 6.45) is 4.23. The lowest BCUT2D eigenvalue weighted by Gasteiger charge is -2.14. The van der Waals surface area contributed by atoms with E-state index in [0.29, 0.717) is 18.3 Å². The fourth-order valence-electron chi connectivity index (χ4n) is 2.52. The van der Waals surface area contributed by atoms with Crippen LogP contribution >= 0.6 is 0 Å². The molecule has 1 aliphatic rings. The van der Waals surface area contributed by atoms with Gasteiger partial charge in [0.05, 0.1) is 11.8 Å². The van der Waals surface area contributed by atoms with E-state index in [-0.39, 0.29) is 17.5 Å². The standard InChI is InChI=1S/C14H20FN3O/c1-3-16-13-12(7-10(15)8-17-13)14(19)18-11-5-4-9(2)6-11/h7-9,11H,3-6H2,1-2H3,(H,16,17)(H,18,19). The maximum atomic E-state index is 13.3. The summed E-state index contributed by atoms with van der Waals surface area (Å²) < 4.78 is 13.3. The first-order chi connectivity index (χ1) is 9.10. The summed E-state index contributed by atoms with van der Waals surface area (Å²) in [5, 5.41) is 5.95. The predicted octanol–water partition coefficient (Wildman–Crippen LogP) is 2.57. The van der Waals surface area contributed by atoms with Crippen LogP contribution in [0.2, 0.25) is 0 Å². The molecule has 1 aromatic rings. The van der Waals surface area contributed by atoms with Crippen LogP contribution in [-0.4, -0.2) is 23.5 Å². The molecule has 2 N–H and O–H groups in total. The minimum Gasteiger partial charge on any atom is -0.370 e. The lowest BCUT2D eigenvalue weighted by molar-refractivity contribution is 0.0937. The molecule has 0 aliphatic heterocycles. The van der Waals surface area contributed by atoms with E-state index >= 15 is 0 Å². The summed E-state index contributed by atoms with van der Waals surface area (Å²) in [7, 11) is 0. The third-order valence-electron chi connectivity index (χ3n) is 3.47. The molecular weight excluding hydrogens is 245 g/mol. The number of hydrogen-bond acceptors (Lipinski definition) is 3. The van der Waals surface area contributed by atoms with Crippen molar-refractivity contribution in [2.24, 2.45) is 5.92 Å². The number of aromatic nitrogens is 1. The van der Waals surface area contributed by atoms with Crippen LogP contribution < -0.4 is 10.6 Å². The van der Waals surface area contributed by atoms with Gasteiger partial charge in [-0.2, -0.15) is 0 Å². The summed E-state index contributed by atoms with van der Waals surface area (Å²) in [5.74, 6) is 0.338. The number of nitrogens with zero attached hydrogens (tertiary/aromatic N) is 1. The van der Waals surface area contributed by atoms with Gasteiger partial charge in [-0.1, -0.05) is 6.92 Å². The smallest absolute Gasteiger partial charge is 0.255 e. The topological polar surface area (TPSA) is 54.0 Å². The van der Waals surface area contributed by atoms with Gasteiger partial charge in [0.2, 0.25) is 0 Å². The Kier molecular flexibility index (Phi) is 4.35. The number of amides is 1. The Labute approximate surface area is 112 Å². The maximum Gasteiger partial charge on any atom is 0.255 e. The number of halogens is 1. The normalized spacial score (nSPS) is 22.3. The van der Waals surface area contributed by atoms with Crippen molar-refractivity contribution in [1.82, 2.24) is 10.3 Å². The fourth-order valence-corrected chi connectivity index (χ4v) is 2.52. The average Bonchev–Trinajstić information content (AvgIpc) is 2.77. The highest BCUT2D eigenvalue weighted by atomic mass is 19.1. The summed E-state index contributed by atoms with van der Waals surface area (Å²) >= 11 is 0. The first kappa shape index (κ1) is 13.8. The molecule has 19 heavy (non-hydrogen) atoms. The van der Waals surface area contributed by atoms with E-state index in [1.165, 1.54) is 6.07 Å². The average molecular weight is 265 g/mol. The van der Waals surface area contributed by atoms with E-state index in [0.717, 1.165) is 25.5 Å². The maximum absolute atomic E-state index is 13.3. The molecule has 2 atom stereocenters. The van der Waals surface area contributed by atoms with Crippen molar-refractivity contribution in [2.75, 3.05) is 11.9 Å². The van der Waals surface area contributed by atoms with Crippen LogP contribution in [0.25, 0.3) is 0 Å². The molecule has 0 aromatic carbocycles. The minimum atomic E-state index is -0.494. The van der Waals surface area contributed by atoms with E-state index in [9.17, 15) is 9.18 Å². The van der Waals surface area contributed by atoms with Gasteiger partial charge >= 0.3 is 0 Å². The Morgan fingerprint density at radius 1 is 1.53 bits per heavy atom. The molecule has 0 spiro atoms. The van der Waals surface area contributed by atoms with Crippen LogP contribution in [0, 0.1) is 11.7 Å². The van der Waals surface area contributed by atoms with Gasteiger partial charge in [-0.3, -0.25) is 4.79 Å². The number of nitrogens with one attached hydrogen (secondary N) is 2. The third kappa shape index (κ3) is 3.43. The van der Waals surface area contributed by atoms with Crippen LogP contribution in [0.4, 0.5) is 10.2 Å². The molecule has 1 aromatic heterocycles. The summed E-state index contributed by atoms with van der Waals surface area (Å²) in [4.78, 5) is 16.1. The summed E-state index contributed by atoms with van der Waals surface area (Å²) in [6.45, 7) is 4.73. The highest BCUT2D eigenvalue weighted by Gasteiger charge is 2.24. The van der Waals surface area contributed by atoms with Gasteiger partial charge in [-0.15, -0.1) is 0 Å². The molecule has 0 bridgehead atoms. The van der Waals surface area contributed by atoms with Crippen molar-refractivity contribution in [2.45, 2.75) is 39.2 Å². The Balaban J connectivity index is 2.11. The SMILES string of the molecule is CCNc1ncc(F)cc1C(=O)NC1CCC(C)C1. The van der Waals surface area contributed by atoms with E-state index in [1.54, 1.807) is 0 Å². The number of carbonyl (C=O) groups excluding carboxylic acids is 1. The Bertz CT molecular complexity index is 464. The van der Waals surface area contributed by atoms with E-state index in [4.69, 9.17) is 0 Å². The van der Waals surface area contributed by atoms with E-state index < -0.39 is 5.82 Å². The molecule has 1 aliphatic carbocycles. The summed E-state index contributed by atoms with van der Waals surface area (Å²) in [6, 6.07) is 1.43. The van der Waals surface area contributed by atoms with Gasteiger partial charge < -0.3 is 10.6 Å². The number of anilines is 1. The van der Waals surface area contributed by atoms with Crippen LogP contribution in [0.15, 0.2) is 12.3 Å². The quantitative estimate of drug-likeness (QED) is 0.879. The first-order valence-electron chi connectivity index (χ1n) is 6.80. The zero-order valence-corrected chi connectivity index (χ0v) is 11.4. The van der Waals surface area contributed by atoms with Gasteiger partial charge in [0, 0.05) is 12.6 Å². The second-order valence-electron chi connectivity index (χ2n) is 5.17. The molecule has 4 nitrogen and oxygen atoms in total. The molecule has 1 amide bonds. The van der Waals surface area contributed by atoms with Crippen LogP contribution in [-0.2, 0) is 0 Å². The number of carbonyl (C=O) groups is 1. The summed E-state index contributed by atoms with van der Waals surface area (Å²) in [5.41, 5.74) is 0.279. The molecule has 0 radical (unpaired) electrons. The lowest BCUT2D eigenvalue weighted by atomic mass is 10.1. The highest BCUT2D eigenvalue weighted by Crippen LogP contribution is 2.25. The van der Waals surface area contributed by atoms with Gasteiger partial charge in [-0.25, -0.2) is 9.37 Å². The zero-order valence-electron chi connectivity index (χ0n) is 11.4. The van der Waals surface area contributed by atoms with Crippen LogP contribution in [0.1, 0.15) is 43.5 Å². The second-order valence-corrected chi connectivity index (χ2v) is 5.17. The Morgan fingerprint density at radius 3 is 2.95 bits per heavy atom. The van der Waals surface area contributed by atoms with E-state index in [2.05, 4.69) is 22.5 Å². The number of rotatable bonds is 4. The molecule has 104 valence electrons. The van der Waals surface area contributed by atoms with Gasteiger partial charge in [-0.05, 0) is 38.2 Å². The molecule has 1 heterocycles. The molecule has 2 unspecified atom stereocenters. The van der Waals surface area contributed by atoms with Crippen molar-refractivity contribution in [1.29, 1.82) is 0 Å². The number of hydrogen-bond donors (Lipinski definition) is 2. The molecule has 0 saturated heterocycles. The van der Waals surface area contributed by atoms with Crippen molar-refractivity contribution in [3.8, 4) is 0 Å². The molecule has 2 rings (SSSR count). The monoisotopic (exact) mass is 265 g/mol. The third-order valence-corrected chi connectivity index (χ3v) is 3.47. The zero-order chi connectivity index (χ0) is 13.8.